The van der Waals surface area contributed by atoms with Crippen LogP contribution in [0.3, 0.4) is 0 Å². The molecule has 1 unspecified atom stereocenters. The highest BCUT2D eigenvalue weighted by molar-refractivity contribution is 5.80. The van der Waals surface area contributed by atoms with E-state index in [1.54, 1.807) is 38.2 Å². The van der Waals surface area contributed by atoms with Crippen molar-refractivity contribution in [2.24, 2.45) is 7.05 Å². The zero-order valence-corrected chi connectivity index (χ0v) is 10.5. The Bertz CT molecular complexity index is 351. The molecule has 1 aromatic heterocycles. The van der Waals surface area contributed by atoms with Gasteiger partial charge in [0.2, 0.25) is 0 Å². The van der Waals surface area contributed by atoms with E-state index in [1.807, 2.05) is 0 Å². The highest BCUT2D eigenvalue weighted by Crippen LogP contribution is 2.09. The Morgan fingerprint density at radius 1 is 1.65 bits per heavy atom. The predicted octanol–water partition coefficient (Wildman–Crippen LogP) is 0.340. The predicted molar refractivity (Wildman–Crippen MR) is 62.8 cm³/mol. The van der Waals surface area contributed by atoms with Crippen molar-refractivity contribution in [3.63, 3.8) is 0 Å². The molecule has 0 bridgehead atoms. The van der Waals surface area contributed by atoms with E-state index in [-0.39, 0.29) is 5.91 Å². The van der Waals surface area contributed by atoms with Crippen molar-refractivity contribution in [1.82, 2.24) is 15.1 Å². The molecule has 1 N–H and O–H groups in total. The lowest BCUT2D eigenvalue weighted by Gasteiger charge is -2.12. The second-order valence-electron chi connectivity index (χ2n) is 3.75. The summed E-state index contributed by atoms with van der Waals surface area (Å²) in [5.74, 6) is 0.456. The van der Waals surface area contributed by atoms with E-state index in [9.17, 15) is 4.79 Å². The molecular weight excluding hydrogens is 222 g/mol. The van der Waals surface area contributed by atoms with E-state index in [4.69, 9.17) is 9.47 Å². The van der Waals surface area contributed by atoms with Gasteiger partial charge in [0.15, 0.2) is 11.9 Å². The summed E-state index contributed by atoms with van der Waals surface area (Å²) < 4.78 is 11.9. The number of aryl methyl sites for hydroxylation is 1. The zero-order valence-electron chi connectivity index (χ0n) is 10.5. The van der Waals surface area contributed by atoms with Crippen molar-refractivity contribution in [1.29, 1.82) is 0 Å². The lowest BCUT2D eigenvalue weighted by atomic mass is 10.3. The number of ether oxygens (including phenoxy) is 2. The molecule has 0 aliphatic heterocycles. The van der Waals surface area contributed by atoms with Crippen molar-refractivity contribution >= 4 is 5.91 Å². The molecule has 0 saturated heterocycles. The van der Waals surface area contributed by atoms with Crippen molar-refractivity contribution < 1.29 is 14.3 Å². The number of methoxy groups -OCH3 is 1. The Balaban J connectivity index is 2.27. The van der Waals surface area contributed by atoms with E-state index in [0.29, 0.717) is 18.9 Å². The molecule has 0 fully saturated rings. The van der Waals surface area contributed by atoms with Crippen LogP contribution in [0, 0.1) is 0 Å². The van der Waals surface area contributed by atoms with Gasteiger partial charge in [-0.05, 0) is 13.3 Å². The summed E-state index contributed by atoms with van der Waals surface area (Å²) >= 11 is 0. The number of carbonyl (C=O) groups excluding carboxylic acids is 1. The fourth-order valence-electron chi connectivity index (χ4n) is 1.29. The molecule has 6 nitrogen and oxygen atoms in total. The largest absolute Gasteiger partial charge is 0.478 e. The number of hydrogen-bond donors (Lipinski definition) is 1. The van der Waals surface area contributed by atoms with E-state index < -0.39 is 6.10 Å². The molecule has 0 spiro atoms. The maximum absolute atomic E-state index is 11.6. The Kier molecular flexibility index (Phi) is 5.48. The van der Waals surface area contributed by atoms with Crippen molar-refractivity contribution in [2.75, 3.05) is 20.3 Å². The fraction of sp³-hybridized carbons (Fsp3) is 0.636. The van der Waals surface area contributed by atoms with E-state index in [2.05, 4.69) is 10.4 Å². The number of rotatable bonds is 7. The van der Waals surface area contributed by atoms with Crippen molar-refractivity contribution in [3.8, 4) is 5.75 Å². The summed E-state index contributed by atoms with van der Waals surface area (Å²) in [6.07, 6.45) is 3.56. The van der Waals surface area contributed by atoms with E-state index in [0.717, 1.165) is 6.42 Å². The molecule has 0 saturated carbocycles. The van der Waals surface area contributed by atoms with Gasteiger partial charge >= 0.3 is 0 Å². The monoisotopic (exact) mass is 241 g/mol. The van der Waals surface area contributed by atoms with Gasteiger partial charge in [-0.15, -0.1) is 0 Å². The van der Waals surface area contributed by atoms with Crippen LogP contribution in [-0.2, 0) is 16.6 Å². The van der Waals surface area contributed by atoms with E-state index in [1.165, 1.54) is 0 Å². The molecule has 0 aliphatic rings. The first-order chi connectivity index (χ1) is 8.13. The molecule has 1 atom stereocenters. The van der Waals surface area contributed by atoms with Crippen molar-refractivity contribution in [2.45, 2.75) is 19.4 Å². The Hall–Kier alpha value is -1.56. The molecule has 17 heavy (non-hydrogen) atoms. The number of carbonyl (C=O) groups is 1. The summed E-state index contributed by atoms with van der Waals surface area (Å²) in [5, 5.41) is 6.73. The average Bonchev–Trinajstić information content (AvgIpc) is 2.70. The van der Waals surface area contributed by atoms with Crippen LogP contribution in [0.15, 0.2) is 12.4 Å². The Morgan fingerprint density at radius 3 is 3.00 bits per heavy atom. The molecule has 1 heterocycles. The number of nitrogens with zero attached hydrogens (tertiary/aromatic N) is 2. The summed E-state index contributed by atoms with van der Waals surface area (Å²) in [6.45, 7) is 2.93. The minimum atomic E-state index is -0.526. The van der Waals surface area contributed by atoms with Crippen LogP contribution in [0.2, 0.25) is 0 Å². The first-order valence-electron chi connectivity index (χ1n) is 5.55. The van der Waals surface area contributed by atoms with Gasteiger partial charge in [-0.2, -0.15) is 5.10 Å². The van der Waals surface area contributed by atoms with Gasteiger partial charge in [0.05, 0.1) is 12.4 Å². The van der Waals surface area contributed by atoms with Gasteiger partial charge in [-0.25, -0.2) is 0 Å². The molecule has 0 aliphatic carbocycles. The molecule has 6 heteroatoms. The normalized spacial score (nSPS) is 12.2. The van der Waals surface area contributed by atoms with Crippen LogP contribution >= 0.6 is 0 Å². The van der Waals surface area contributed by atoms with Crippen molar-refractivity contribution in [3.05, 3.63) is 12.4 Å². The SMILES string of the molecule is COCCCNC(=O)C(C)Oc1cnn(C)c1. The zero-order chi connectivity index (χ0) is 12.7. The lowest BCUT2D eigenvalue weighted by Crippen LogP contribution is -2.37. The Labute approximate surface area is 101 Å². The van der Waals surface area contributed by atoms with Crippen LogP contribution in [-0.4, -0.2) is 42.1 Å². The molecule has 0 radical (unpaired) electrons. The first kappa shape index (κ1) is 13.5. The minimum Gasteiger partial charge on any atom is -0.478 e. The second-order valence-corrected chi connectivity index (χ2v) is 3.75. The summed E-state index contributed by atoms with van der Waals surface area (Å²) in [6, 6.07) is 0. The van der Waals surface area contributed by atoms with Gasteiger partial charge in [0.25, 0.3) is 5.91 Å². The second kappa shape index (κ2) is 6.90. The van der Waals surface area contributed by atoms with Gasteiger partial charge in [0.1, 0.15) is 0 Å². The maximum Gasteiger partial charge on any atom is 0.260 e. The quantitative estimate of drug-likeness (QED) is 0.699. The topological polar surface area (TPSA) is 65.4 Å². The number of aromatic nitrogens is 2. The molecule has 1 rings (SSSR count). The number of amides is 1. The van der Waals surface area contributed by atoms with Crippen LogP contribution < -0.4 is 10.1 Å². The summed E-state index contributed by atoms with van der Waals surface area (Å²) in [5.41, 5.74) is 0. The summed E-state index contributed by atoms with van der Waals surface area (Å²) in [4.78, 5) is 11.6. The number of hydrogen-bond acceptors (Lipinski definition) is 4. The summed E-state index contributed by atoms with van der Waals surface area (Å²) in [7, 11) is 3.43. The minimum absolute atomic E-state index is 0.134. The third kappa shape index (κ3) is 4.86. The van der Waals surface area contributed by atoms with Crippen LogP contribution in [0.5, 0.6) is 5.75 Å². The smallest absolute Gasteiger partial charge is 0.260 e. The molecule has 1 aromatic rings. The van der Waals surface area contributed by atoms with Crippen LogP contribution in [0.4, 0.5) is 0 Å². The third-order valence-electron chi connectivity index (χ3n) is 2.19. The molecule has 96 valence electrons. The molecule has 0 aromatic carbocycles. The molecule has 1 amide bonds. The number of nitrogens with one attached hydrogen (secondary N) is 1. The highest BCUT2D eigenvalue weighted by Gasteiger charge is 2.14. The third-order valence-corrected chi connectivity index (χ3v) is 2.19. The first-order valence-corrected chi connectivity index (χ1v) is 5.55. The lowest BCUT2D eigenvalue weighted by molar-refractivity contribution is -0.127. The standard InChI is InChI=1S/C11H19N3O3/c1-9(11(15)12-5-4-6-16-3)17-10-7-13-14(2)8-10/h7-9H,4-6H2,1-3H3,(H,12,15). The van der Waals surface area contributed by atoms with Crippen LogP contribution in [0.25, 0.3) is 0 Å². The van der Waals surface area contributed by atoms with E-state index >= 15 is 0 Å². The highest BCUT2D eigenvalue weighted by atomic mass is 16.5. The Morgan fingerprint density at radius 2 is 2.41 bits per heavy atom. The van der Waals surface area contributed by atoms with Gasteiger partial charge < -0.3 is 14.8 Å². The average molecular weight is 241 g/mol. The van der Waals surface area contributed by atoms with Gasteiger partial charge in [-0.1, -0.05) is 0 Å². The van der Waals surface area contributed by atoms with Gasteiger partial charge in [0, 0.05) is 27.3 Å². The van der Waals surface area contributed by atoms with Gasteiger partial charge in [-0.3, -0.25) is 9.48 Å². The molecular formula is C11H19N3O3. The van der Waals surface area contributed by atoms with Crippen LogP contribution in [0.1, 0.15) is 13.3 Å². The fourth-order valence-corrected chi connectivity index (χ4v) is 1.29. The maximum atomic E-state index is 11.6.